The molecule has 2 aromatic carbocycles. The quantitative estimate of drug-likeness (QED) is 0.668. The average molecular weight is 367 g/mol. The molecule has 0 saturated heterocycles. The molecule has 3 N–H and O–H groups in total. The van der Waals surface area contributed by atoms with E-state index >= 15 is 0 Å². The summed E-state index contributed by atoms with van der Waals surface area (Å²) in [4.78, 5) is 24.3. The third kappa shape index (κ3) is 6.53. The highest BCUT2D eigenvalue weighted by atomic mass is 16.2. The van der Waals surface area contributed by atoms with Crippen molar-refractivity contribution in [3.8, 4) is 0 Å². The highest BCUT2D eigenvalue weighted by molar-refractivity contribution is 5.97. The van der Waals surface area contributed by atoms with Gasteiger partial charge in [-0.2, -0.15) is 0 Å². The van der Waals surface area contributed by atoms with Crippen LogP contribution in [0.25, 0.3) is 0 Å². The van der Waals surface area contributed by atoms with Crippen LogP contribution in [0.5, 0.6) is 0 Å². The molecule has 0 aromatic heterocycles. The number of carbonyl (C=O) groups excluding carboxylic acids is 2. The standard InChI is InChI=1S/C22H29N3O2/c1-4-23-22(27)25-21(26)20(19-8-6-5-7-9-19)24-15-14-17-10-12-18(13-11-17)16(2)3/h5-13,16,20,24H,4,14-15H2,1-3H3,(H2,23,25,26,27). The molecule has 0 heterocycles. The van der Waals surface area contributed by atoms with Gasteiger partial charge in [0.15, 0.2) is 0 Å². The number of amides is 3. The number of hydrogen-bond acceptors (Lipinski definition) is 3. The van der Waals surface area contributed by atoms with Gasteiger partial charge in [0, 0.05) is 13.1 Å². The van der Waals surface area contributed by atoms with E-state index in [0.717, 1.165) is 12.0 Å². The number of nitrogens with one attached hydrogen (secondary N) is 3. The number of rotatable bonds is 8. The molecule has 5 heteroatoms. The van der Waals surface area contributed by atoms with Crippen molar-refractivity contribution in [2.45, 2.75) is 39.2 Å². The van der Waals surface area contributed by atoms with Crippen molar-refractivity contribution in [3.05, 3.63) is 71.3 Å². The molecule has 0 aliphatic rings. The molecule has 0 aliphatic carbocycles. The largest absolute Gasteiger partial charge is 0.338 e. The molecule has 1 atom stereocenters. The van der Waals surface area contributed by atoms with Crippen LogP contribution in [0.3, 0.4) is 0 Å². The van der Waals surface area contributed by atoms with E-state index in [0.29, 0.717) is 19.0 Å². The van der Waals surface area contributed by atoms with E-state index in [1.165, 1.54) is 11.1 Å². The second-order valence-electron chi connectivity index (χ2n) is 6.79. The molecular weight excluding hydrogens is 338 g/mol. The van der Waals surface area contributed by atoms with Gasteiger partial charge in [0.1, 0.15) is 6.04 Å². The summed E-state index contributed by atoms with van der Waals surface area (Å²) in [6, 6.07) is 16.9. The zero-order valence-electron chi connectivity index (χ0n) is 16.3. The second-order valence-corrected chi connectivity index (χ2v) is 6.79. The van der Waals surface area contributed by atoms with Gasteiger partial charge in [-0.25, -0.2) is 4.79 Å². The predicted octanol–water partition coefficient (Wildman–Crippen LogP) is 3.53. The SMILES string of the molecule is CCNC(=O)NC(=O)C(NCCc1ccc(C(C)C)cc1)c1ccccc1. The molecule has 144 valence electrons. The Morgan fingerprint density at radius 3 is 2.19 bits per heavy atom. The van der Waals surface area contributed by atoms with Crippen molar-refractivity contribution >= 4 is 11.9 Å². The topological polar surface area (TPSA) is 70.2 Å². The fourth-order valence-corrected chi connectivity index (χ4v) is 2.83. The molecule has 0 aliphatic heterocycles. The van der Waals surface area contributed by atoms with E-state index in [9.17, 15) is 9.59 Å². The molecule has 0 bridgehead atoms. The molecule has 0 saturated carbocycles. The van der Waals surface area contributed by atoms with Gasteiger partial charge in [0.25, 0.3) is 0 Å². The molecule has 0 fully saturated rings. The molecule has 0 radical (unpaired) electrons. The Morgan fingerprint density at radius 1 is 0.926 bits per heavy atom. The minimum absolute atomic E-state index is 0.359. The maximum atomic E-state index is 12.6. The van der Waals surface area contributed by atoms with Gasteiger partial charge in [-0.1, -0.05) is 68.4 Å². The normalized spacial score (nSPS) is 11.9. The molecule has 2 aromatic rings. The third-order valence-electron chi connectivity index (χ3n) is 4.38. The zero-order chi connectivity index (χ0) is 19.6. The Labute approximate surface area is 161 Å². The van der Waals surface area contributed by atoms with Crippen molar-refractivity contribution in [3.63, 3.8) is 0 Å². The molecule has 1 unspecified atom stereocenters. The Bertz CT molecular complexity index is 727. The van der Waals surface area contributed by atoms with Crippen LogP contribution in [0.1, 0.15) is 49.4 Å². The van der Waals surface area contributed by atoms with Gasteiger partial charge in [-0.3, -0.25) is 10.1 Å². The van der Waals surface area contributed by atoms with E-state index in [-0.39, 0.29) is 5.91 Å². The fraction of sp³-hybridized carbons (Fsp3) is 0.364. The lowest BCUT2D eigenvalue weighted by atomic mass is 10.0. The predicted molar refractivity (Wildman–Crippen MR) is 109 cm³/mol. The summed E-state index contributed by atoms with van der Waals surface area (Å²) in [6.45, 7) is 7.25. The summed E-state index contributed by atoms with van der Waals surface area (Å²) in [5, 5.41) is 8.25. The van der Waals surface area contributed by atoms with Gasteiger partial charge in [0.05, 0.1) is 0 Å². The van der Waals surface area contributed by atoms with Crippen LogP contribution in [0.4, 0.5) is 4.79 Å². The van der Waals surface area contributed by atoms with Crippen molar-refractivity contribution in [2.24, 2.45) is 0 Å². The average Bonchev–Trinajstić information content (AvgIpc) is 2.66. The number of hydrogen-bond donors (Lipinski definition) is 3. The smallest absolute Gasteiger partial charge is 0.321 e. The molecule has 2 rings (SSSR count). The van der Waals surface area contributed by atoms with Crippen LogP contribution >= 0.6 is 0 Å². The zero-order valence-corrected chi connectivity index (χ0v) is 16.3. The van der Waals surface area contributed by atoms with Crippen LogP contribution in [-0.4, -0.2) is 25.0 Å². The minimum Gasteiger partial charge on any atom is -0.338 e. The Kier molecular flexibility index (Phi) is 8.01. The summed E-state index contributed by atoms with van der Waals surface area (Å²) in [6.07, 6.45) is 0.802. The van der Waals surface area contributed by atoms with E-state index in [4.69, 9.17) is 0 Å². The highest BCUT2D eigenvalue weighted by Crippen LogP contribution is 2.16. The lowest BCUT2D eigenvalue weighted by molar-refractivity contribution is -0.122. The molecule has 0 spiro atoms. The van der Waals surface area contributed by atoms with Crippen LogP contribution in [0, 0.1) is 0 Å². The lowest BCUT2D eigenvalue weighted by Gasteiger charge is -2.18. The first-order valence-corrected chi connectivity index (χ1v) is 9.47. The number of imide groups is 1. The van der Waals surface area contributed by atoms with Crippen LogP contribution in [-0.2, 0) is 11.2 Å². The monoisotopic (exact) mass is 367 g/mol. The van der Waals surface area contributed by atoms with Crippen LogP contribution in [0.2, 0.25) is 0 Å². The maximum absolute atomic E-state index is 12.6. The second kappa shape index (κ2) is 10.5. The Balaban J connectivity index is 1.99. The summed E-state index contributed by atoms with van der Waals surface area (Å²) in [5.74, 6) is 0.153. The van der Waals surface area contributed by atoms with E-state index in [2.05, 4.69) is 54.1 Å². The van der Waals surface area contributed by atoms with E-state index in [1.54, 1.807) is 0 Å². The van der Waals surface area contributed by atoms with Gasteiger partial charge in [-0.15, -0.1) is 0 Å². The Hall–Kier alpha value is -2.66. The van der Waals surface area contributed by atoms with Gasteiger partial charge in [0.2, 0.25) is 5.91 Å². The van der Waals surface area contributed by atoms with Gasteiger partial charge < -0.3 is 10.6 Å². The van der Waals surface area contributed by atoms with Crippen LogP contribution in [0.15, 0.2) is 54.6 Å². The summed E-state index contributed by atoms with van der Waals surface area (Å²) >= 11 is 0. The van der Waals surface area contributed by atoms with Crippen molar-refractivity contribution in [2.75, 3.05) is 13.1 Å². The number of carbonyl (C=O) groups is 2. The highest BCUT2D eigenvalue weighted by Gasteiger charge is 2.21. The van der Waals surface area contributed by atoms with Crippen molar-refractivity contribution in [1.82, 2.24) is 16.0 Å². The Morgan fingerprint density at radius 2 is 1.59 bits per heavy atom. The van der Waals surface area contributed by atoms with E-state index in [1.807, 2.05) is 37.3 Å². The molecule has 27 heavy (non-hydrogen) atoms. The molecular formula is C22H29N3O2. The summed E-state index contributed by atoms with van der Waals surface area (Å²) in [5.41, 5.74) is 3.35. The minimum atomic E-state index is -0.580. The number of urea groups is 1. The van der Waals surface area contributed by atoms with Gasteiger partial charge >= 0.3 is 6.03 Å². The van der Waals surface area contributed by atoms with Crippen LogP contribution < -0.4 is 16.0 Å². The first-order chi connectivity index (χ1) is 13.0. The molecule has 5 nitrogen and oxygen atoms in total. The maximum Gasteiger partial charge on any atom is 0.321 e. The lowest BCUT2D eigenvalue weighted by Crippen LogP contribution is -2.45. The third-order valence-corrected chi connectivity index (χ3v) is 4.38. The van der Waals surface area contributed by atoms with Crippen molar-refractivity contribution < 1.29 is 9.59 Å². The first-order valence-electron chi connectivity index (χ1n) is 9.47. The fourth-order valence-electron chi connectivity index (χ4n) is 2.83. The summed E-state index contributed by atoms with van der Waals surface area (Å²) in [7, 11) is 0. The first kappa shape index (κ1) is 20.6. The summed E-state index contributed by atoms with van der Waals surface area (Å²) < 4.78 is 0. The van der Waals surface area contributed by atoms with E-state index < -0.39 is 12.1 Å². The van der Waals surface area contributed by atoms with Gasteiger partial charge in [-0.05, 0) is 36.0 Å². The molecule has 3 amide bonds. The van der Waals surface area contributed by atoms with Crippen molar-refractivity contribution in [1.29, 1.82) is 0 Å². The number of benzene rings is 2.